The lowest BCUT2D eigenvalue weighted by molar-refractivity contribution is -0.288. The molecular weight excluding hydrogens is 383 g/mol. The van der Waals surface area contributed by atoms with Crippen LogP contribution in [0, 0.1) is 5.41 Å². The van der Waals surface area contributed by atoms with Gasteiger partial charge in [0.2, 0.25) is 0 Å². The Morgan fingerprint density at radius 3 is 1.69 bits per heavy atom. The fraction of sp³-hybridized carbons (Fsp3) is 0.933. The number of halogens is 9. The van der Waals surface area contributed by atoms with E-state index in [2.05, 4.69) is 4.74 Å². The number of hydrogen-bond acceptors (Lipinski definition) is 2. The minimum absolute atomic E-state index is 0.341. The predicted octanol–water partition coefficient (Wildman–Crippen LogP) is 5.99. The molecule has 0 aromatic rings. The molecule has 0 aliphatic carbocycles. The SMILES string of the molecule is CCC(C)(C)C(=O)OCCC(F)(F)CC(F)(F)CCC(F)(F)C(F)(F)F. The third-order valence-electron chi connectivity index (χ3n) is 3.87. The average Bonchev–Trinajstić information content (AvgIpc) is 2.42. The van der Waals surface area contributed by atoms with Gasteiger partial charge in [-0.1, -0.05) is 6.92 Å². The van der Waals surface area contributed by atoms with Gasteiger partial charge in [-0.3, -0.25) is 4.79 Å². The molecule has 2 nitrogen and oxygen atoms in total. The van der Waals surface area contributed by atoms with Gasteiger partial charge >= 0.3 is 18.1 Å². The predicted molar refractivity (Wildman–Crippen MR) is 74.4 cm³/mol. The van der Waals surface area contributed by atoms with Crippen LogP contribution in [0.25, 0.3) is 0 Å². The van der Waals surface area contributed by atoms with Crippen molar-refractivity contribution in [3.8, 4) is 0 Å². The van der Waals surface area contributed by atoms with Gasteiger partial charge in [-0.25, -0.2) is 17.6 Å². The summed E-state index contributed by atoms with van der Waals surface area (Å²) in [6.07, 6.45) is -13.6. The van der Waals surface area contributed by atoms with E-state index in [9.17, 15) is 44.3 Å². The molecule has 0 spiro atoms. The second-order valence-electron chi connectivity index (χ2n) is 6.71. The molecule has 0 aromatic heterocycles. The van der Waals surface area contributed by atoms with E-state index in [0.717, 1.165) is 0 Å². The molecule has 26 heavy (non-hydrogen) atoms. The molecule has 156 valence electrons. The van der Waals surface area contributed by atoms with Crippen molar-refractivity contribution >= 4 is 5.97 Å². The molecule has 0 fully saturated rings. The minimum atomic E-state index is -6.04. The zero-order valence-electron chi connectivity index (χ0n) is 14.5. The Morgan fingerprint density at radius 2 is 1.27 bits per heavy atom. The number of hydrogen-bond donors (Lipinski definition) is 0. The van der Waals surface area contributed by atoms with E-state index in [-0.39, 0.29) is 0 Å². The van der Waals surface area contributed by atoms with Crippen molar-refractivity contribution < 1.29 is 49.0 Å². The van der Waals surface area contributed by atoms with E-state index >= 15 is 0 Å². The highest BCUT2D eigenvalue weighted by Gasteiger charge is 2.58. The molecule has 0 saturated heterocycles. The minimum Gasteiger partial charge on any atom is -0.465 e. The quantitative estimate of drug-likeness (QED) is 0.330. The van der Waals surface area contributed by atoms with Gasteiger partial charge in [-0.2, -0.15) is 22.0 Å². The van der Waals surface area contributed by atoms with Crippen molar-refractivity contribution in [2.75, 3.05) is 6.61 Å². The summed E-state index contributed by atoms with van der Waals surface area (Å²) in [7, 11) is 0. The second kappa shape index (κ2) is 8.24. The Bertz CT molecular complexity index is 470. The van der Waals surface area contributed by atoms with Crippen molar-refractivity contribution in [2.45, 2.75) is 76.8 Å². The molecular formula is C15H21F9O2. The summed E-state index contributed by atoms with van der Waals surface area (Å²) < 4.78 is 119. The van der Waals surface area contributed by atoms with Gasteiger partial charge < -0.3 is 4.74 Å². The van der Waals surface area contributed by atoms with Crippen molar-refractivity contribution in [1.29, 1.82) is 0 Å². The Hall–Kier alpha value is -1.16. The molecule has 11 heteroatoms. The number of rotatable bonds is 10. The molecule has 0 aliphatic rings. The lowest BCUT2D eigenvalue weighted by Crippen LogP contribution is -2.39. The van der Waals surface area contributed by atoms with E-state index in [1.54, 1.807) is 6.92 Å². The molecule has 0 aromatic carbocycles. The van der Waals surface area contributed by atoms with Crippen molar-refractivity contribution in [1.82, 2.24) is 0 Å². The summed E-state index contributed by atoms with van der Waals surface area (Å²) in [4.78, 5) is 11.6. The van der Waals surface area contributed by atoms with Crippen LogP contribution < -0.4 is 0 Å². The molecule has 0 heterocycles. The lowest BCUT2D eigenvalue weighted by Gasteiger charge is -2.26. The van der Waals surface area contributed by atoms with Crippen molar-refractivity contribution in [2.24, 2.45) is 5.41 Å². The number of carbonyl (C=O) groups excluding carboxylic acids is 1. The monoisotopic (exact) mass is 404 g/mol. The Morgan fingerprint density at radius 1 is 0.808 bits per heavy atom. The van der Waals surface area contributed by atoms with E-state index in [1.807, 2.05) is 0 Å². The fourth-order valence-electron chi connectivity index (χ4n) is 1.67. The molecule has 0 N–H and O–H groups in total. The molecule has 0 unspecified atom stereocenters. The van der Waals surface area contributed by atoms with Crippen LogP contribution in [0.5, 0.6) is 0 Å². The van der Waals surface area contributed by atoms with E-state index in [4.69, 9.17) is 0 Å². The third-order valence-corrected chi connectivity index (χ3v) is 3.87. The summed E-state index contributed by atoms with van der Waals surface area (Å²) in [6.45, 7) is 3.74. The number of alkyl halides is 9. The van der Waals surface area contributed by atoms with Gasteiger partial charge in [0.1, 0.15) is 0 Å². The van der Waals surface area contributed by atoms with E-state index < -0.39 is 67.6 Å². The standard InChI is InChI=1S/C15H21F9O2/c1-4-11(2,3)10(25)26-8-7-13(18,19)9-12(16,17)5-6-14(20,21)15(22,23)24/h4-9H2,1-3H3. The summed E-state index contributed by atoms with van der Waals surface area (Å²) in [6, 6.07) is 0. The topological polar surface area (TPSA) is 26.3 Å². The normalized spacial score (nSPS) is 14.5. The molecule has 0 rings (SSSR count). The van der Waals surface area contributed by atoms with Crippen LogP contribution in [0.1, 0.15) is 52.9 Å². The van der Waals surface area contributed by atoms with Gasteiger partial charge in [-0.05, 0) is 20.3 Å². The van der Waals surface area contributed by atoms with Crippen LogP contribution in [0.3, 0.4) is 0 Å². The summed E-state index contributed by atoms with van der Waals surface area (Å²) in [5, 5.41) is 0. The molecule has 0 atom stereocenters. The number of carbonyl (C=O) groups is 1. The zero-order chi connectivity index (χ0) is 21.0. The fourth-order valence-corrected chi connectivity index (χ4v) is 1.67. The van der Waals surface area contributed by atoms with Crippen LogP contribution in [0.2, 0.25) is 0 Å². The van der Waals surface area contributed by atoms with Crippen LogP contribution in [-0.2, 0) is 9.53 Å². The smallest absolute Gasteiger partial charge is 0.453 e. The van der Waals surface area contributed by atoms with Gasteiger partial charge in [0.05, 0.1) is 18.4 Å². The lowest BCUT2D eigenvalue weighted by atomic mass is 9.91. The first-order valence-corrected chi connectivity index (χ1v) is 7.73. The first-order valence-electron chi connectivity index (χ1n) is 7.73. The van der Waals surface area contributed by atoms with Crippen LogP contribution >= 0.6 is 0 Å². The third kappa shape index (κ3) is 8.03. The Kier molecular flexibility index (Phi) is 7.88. The average molecular weight is 404 g/mol. The molecule has 0 bridgehead atoms. The van der Waals surface area contributed by atoms with Crippen molar-refractivity contribution in [3.05, 3.63) is 0 Å². The number of ether oxygens (including phenoxy) is 1. The number of esters is 1. The molecule has 0 aliphatic heterocycles. The molecule has 0 amide bonds. The highest BCUT2D eigenvalue weighted by atomic mass is 19.4. The van der Waals surface area contributed by atoms with Crippen LogP contribution in [-0.4, -0.2) is 36.5 Å². The molecule has 0 radical (unpaired) electrons. The Labute approximate surface area is 145 Å². The van der Waals surface area contributed by atoms with Gasteiger partial charge in [0.15, 0.2) is 0 Å². The highest BCUT2D eigenvalue weighted by molar-refractivity contribution is 5.75. The van der Waals surface area contributed by atoms with E-state index in [0.29, 0.717) is 6.42 Å². The zero-order valence-corrected chi connectivity index (χ0v) is 14.5. The van der Waals surface area contributed by atoms with Crippen LogP contribution in [0.15, 0.2) is 0 Å². The van der Waals surface area contributed by atoms with E-state index in [1.165, 1.54) is 13.8 Å². The molecule has 0 saturated carbocycles. The maximum absolute atomic E-state index is 13.5. The van der Waals surface area contributed by atoms with Crippen molar-refractivity contribution in [3.63, 3.8) is 0 Å². The Balaban J connectivity index is 4.61. The van der Waals surface area contributed by atoms with Gasteiger partial charge in [0, 0.05) is 19.3 Å². The van der Waals surface area contributed by atoms with Gasteiger partial charge in [-0.15, -0.1) is 0 Å². The highest BCUT2D eigenvalue weighted by Crippen LogP contribution is 2.43. The summed E-state index contributed by atoms with van der Waals surface area (Å²) in [5.41, 5.74) is -0.956. The maximum atomic E-state index is 13.5. The van der Waals surface area contributed by atoms with Gasteiger partial charge in [0.25, 0.3) is 11.8 Å². The summed E-state index contributed by atoms with van der Waals surface area (Å²) in [5.74, 6) is -14.8. The second-order valence-corrected chi connectivity index (χ2v) is 6.71. The summed E-state index contributed by atoms with van der Waals surface area (Å²) >= 11 is 0. The largest absolute Gasteiger partial charge is 0.465 e. The first kappa shape index (κ1) is 24.8. The van der Waals surface area contributed by atoms with Crippen LogP contribution in [0.4, 0.5) is 39.5 Å². The first-order chi connectivity index (χ1) is 11.4. The maximum Gasteiger partial charge on any atom is 0.453 e.